The maximum atomic E-state index is 14.6. The second-order valence-corrected chi connectivity index (χ2v) is 19.6. The van der Waals surface area contributed by atoms with E-state index in [0.717, 1.165) is 0 Å². The molecule has 0 amide bonds. The molecule has 4 saturated heterocycles. The third-order valence-electron chi connectivity index (χ3n) is 13.3. The van der Waals surface area contributed by atoms with Gasteiger partial charge in [-0.2, -0.15) is 0 Å². The van der Waals surface area contributed by atoms with Gasteiger partial charge in [0.15, 0.2) is 6.29 Å². The number of likely N-dealkylation sites (N-methyl/N-ethyl adjacent to an activating group) is 1. The van der Waals surface area contributed by atoms with Crippen molar-refractivity contribution in [2.45, 2.75) is 146 Å². The predicted octanol–water partition coefficient (Wildman–Crippen LogP) is 4.03. The minimum absolute atomic E-state index is 0.0157. The summed E-state index contributed by atoms with van der Waals surface area (Å²) in [6, 6.07) is 7.13. The van der Waals surface area contributed by atoms with Crippen LogP contribution >= 0.6 is 0 Å². The Morgan fingerprint density at radius 3 is 2.42 bits per heavy atom. The number of ketones is 1. The molecule has 1 aromatic heterocycles. The normalized spacial score (nSPS) is 40.4. The lowest BCUT2D eigenvalue weighted by Crippen LogP contribution is -2.60. The van der Waals surface area contributed by atoms with Gasteiger partial charge in [0.05, 0.1) is 61.0 Å². The van der Waals surface area contributed by atoms with E-state index in [-0.39, 0.29) is 48.9 Å². The quantitative estimate of drug-likeness (QED) is 0.380. The average molecular weight is 846 g/mol. The van der Waals surface area contributed by atoms with Gasteiger partial charge in [-0.25, -0.2) is 13.1 Å². The number of fused-ring (bicyclic) bond motifs is 5. The van der Waals surface area contributed by atoms with E-state index in [1.54, 1.807) is 52.0 Å². The Morgan fingerprint density at radius 2 is 1.73 bits per heavy atom. The summed E-state index contributed by atoms with van der Waals surface area (Å²) in [5, 5.41) is 12.3. The fourth-order valence-electron chi connectivity index (χ4n) is 10.1. The number of Topliss-reactive ketones (excluding diaryl/α,β-unsaturated/α-hetero) is 1. The molecular weight excluding hydrogens is 783 g/mol. The molecule has 15 nitrogen and oxygen atoms in total. The maximum Gasteiger partial charge on any atom is 0.311 e. The summed E-state index contributed by atoms with van der Waals surface area (Å²) in [6.07, 6.45) is -2.85. The molecule has 59 heavy (non-hydrogen) atoms. The van der Waals surface area contributed by atoms with Crippen LogP contribution in [0.15, 0.2) is 41.4 Å². The highest BCUT2D eigenvalue weighted by molar-refractivity contribution is 7.89. The minimum atomic E-state index is -4.22. The van der Waals surface area contributed by atoms with Crippen LogP contribution in [0, 0.1) is 29.6 Å². The van der Waals surface area contributed by atoms with Crippen LogP contribution in [-0.4, -0.2) is 129 Å². The maximum absolute atomic E-state index is 14.6. The molecule has 2 N–H and O–H groups in total. The van der Waals surface area contributed by atoms with Crippen LogP contribution in [0.4, 0.5) is 0 Å². The van der Waals surface area contributed by atoms with Crippen LogP contribution in [0.5, 0.6) is 0 Å². The molecule has 0 saturated carbocycles. The first kappa shape index (κ1) is 45.4. The number of rotatable bonds is 7. The van der Waals surface area contributed by atoms with Crippen LogP contribution in [0.1, 0.15) is 81.1 Å². The number of aliphatic hydroxyl groups is 1. The number of benzene rings is 1. The summed E-state index contributed by atoms with van der Waals surface area (Å²) >= 11 is 0. The van der Waals surface area contributed by atoms with Crippen molar-refractivity contribution in [3.8, 4) is 0 Å². The van der Waals surface area contributed by atoms with Crippen molar-refractivity contribution < 1.29 is 56.3 Å². The SMILES string of the molecule is CC[C@H]1OC(=O)[C@H](C)[C@H]2OCC(NS(=O)(=O)c3cccc4cccnc34)CO[C@](C)(C[C@@H](C)C(=O)[C@H](C)[C@@H]3CC(=O)O[C@]13C)[C@H](O[C@@H]1O[C@H](C)C[C@H](N(C)C)[C@H]1O)[C@H]2C. The topological polar surface area (TPSA) is 189 Å². The molecule has 328 valence electrons. The highest BCUT2D eigenvalue weighted by atomic mass is 32.2. The van der Waals surface area contributed by atoms with Crippen molar-refractivity contribution in [1.29, 1.82) is 0 Å². The summed E-state index contributed by atoms with van der Waals surface area (Å²) in [4.78, 5) is 48.2. The number of pyridine rings is 1. The van der Waals surface area contributed by atoms with Gasteiger partial charge in [-0.05, 0) is 73.2 Å². The van der Waals surface area contributed by atoms with Gasteiger partial charge in [-0.15, -0.1) is 0 Å². The predicted molar refractivity (Wildman–Crippen MR) is 216 cm³/mol. The van der Waals surface area contributed by atoms with Crippen molar-refractivity contribution in [2.75, 3.05) is 27.3 Å². The number of ether oxygens (including phenoxy) is 6. The number of hydrogen-bond acceptors (Lipinski definition) is 14. The minimum Gasteiger partial charge on any atom is -0.458 e. The largest absolute Gasteiger partial charge is 0.458 e. The summed E-state index contributed by atoms with van der Waals surface area (Å²) < 4.78 is 70.1. The first-order valence-electron chi connectivity index (χ1n) is 20.9. The Kier molecular flexibility index (Phi) is 13.6. The van der Waals surface area contributed by atoms with E-state index in [2.05, 4.69) is 9.71 Å². The van der Waals surface area contributed by atoms with Gasteiger partial charge >= 0.3 is 11.9 Å². The number of aliphatic hydroxyl groups excluding tert-OH is 1. The van der Waals surface area contributed by atoms with Crippen molar-refractivity contribution >= 4 is 38.6 Å². The van der Waals surface area contributed by atoms with E-state index in [0.29, 0.717) is 23.7 Å². The number of hydrogen-bond donors (Lipinski definition) is 2. The van der Waals surface area contributed by atoms with Crippen LogP contribution in [0.2, 0.25) is 0 Å². The number of carbonyl (C=O) groups is 3. The van der Waals surface area contributed by atoms with E-state index in [9.17, 15) is 27.9 Å². The van der Waals surface area contributed by atoms with Crippen LogP contribution in [0.3, 0.4) is 0 Å². The van der Waals surface area contributed by atoms with E-state index in [1.165, 1.54) is 12.3 Å². The molecule has 1 aromatic carbocycles. The van der Waals surface area contributed by atoms with Gasteiger partial charge in [0.25, 0.3) is 0 Å². The van der Waals surface area contributed by atoms with E-state index in [1.807, 2.05) is 46.7 Å². The number of cyclic esters (lactones) is 1. The molecule has 6 rings (SSSR count). The summed E-state index contributed by atoms with van der Waals surface area (Å²) in [6.45, 7) is 14.0. The molecule has 0 radical (unpaired) electrons. The van der Waals surface area contributed by atoms with E-state index < -0.39 is 99.5 Å². The zero-order chi connectivity index (χ0) is 43.2. The van der Waals surface area contributed by atoms with Crippen LogP contribution in [0.25, 0.3) is 10.9 Å². The molecule has 5 heterocycles. The number of carbonyl (C=O) groups excluding carboxylic acids is 3. The number of nitrogens with zero attached hydrogens (tertiary/aromatic N) is 2. The number of esters is 2. The summed E-state index contributed by atoms with van der Waals surface area (Å²) in [7, 11) is -0.470. The first-order valence-corrected chi connectivity index (χ1v) is 22.4. The van der Waals surface area contributed by atoms with Crippen molar-refractivity contribution in [3.05, 3.63) is 36.5 Å². The fraction of sp³-hybridized carbons (Fsp3) is 0.721. The number of nitrogens with one attached hydrogen (secondary N) is 1. The standard InChI is InChI=1S/C43H63N3O12S/c1-11-33-43(8)30(19-34(47)58-43)25(4)36(48)23(2)20-42(7)39(57-41-37(49)31(46(9)10)18-24(3)55-41)26(5)38(27(6)40(50)56-33)53-21-29(22-54-42)45-59(51,52)32-16-12-14-28-15-13-17-44-35(28)32/h12-17,23-27,29-31,33,37-39,41,45,49H,11,18-22H2,1-10H3/t23-,24-,25-,26+,27-,29?,30+,31+,33-,37-,38+,39-,41+,42-,43+/m1/s1. The van der Waals surface area contributed by atoms with Gasteiger partial charge in [0, 0.05) is 41.3 Å². The molecule has 0 spiro atoms. The highest BCUT2D eigenvalue weighted by Gasteiger charge is 2.57. The second-order valence-electron chi connectivity index (χ2n) is 17.9. The van der Waals surface area contributed by atoms with Gasteiger partial charge < -0.3 is 38.4 Å². The fourth-order valence-corrected chi connectivity index (χ4v) is 11.5. The van der Waals surface area contributed by atoms with Gasteiger partial charge in [-0.1, -0.05) is 45.9 Å². The lowest BCUT2D eigenvalue weighted by atomic mass is 9.70. The smallest absolute Gasteiger partial charge is 0.311 e. The third-order valence-corrected chi connectivity index (χ3v) is 14.9. The van der Waals surface area contributed by atoms with E-state index >= 15 is 0 Å². The number of para-hydroxylation sites is 1. The molecule has 15 atom stereocenters. The monoisotopic (exact) mass is 845 g/mol. The molecule has 2 aromatic rings. The van der Waals surface area contributed by atoms with Crippen molar-refractivity contribution in [1.82, 2.24) is 14.6 Å². The van der Waals surface area contributed by atoms with Gasteiger partial charge in [-0.3, -0.25) is 19.4 Å². The van der Waals surface area contributed by atoms with Gasteiger partial charge in [0.2, 0.25) is 10.0 Å². The number of sulfonamides is 1. The Morgan fingerprint density at radius 1 is 1.02 bits per heavy atom. The molecule has 0 aliphatic carbocycles. The van der Waals surface area contributed by atoms with Crippen molar-refractivity contribution in [3.63, 3.8) is 0 Å². The highest BCUT2D eigenvalue weighted by Crippen LogP contribution is 2.46. The van der Waals surface area contributed by atoms with Crippen LogP contribution < -0.4 is 4.72 Å². The molecular formula is C43H63N3O12S. The lowest BCUT2D eigenvalue weighted by molar-refractivity contribution is -0.302. The zero-order valence-corrected chi connectivity index (χ0v) is 36.8. The summed E-state index contributed by atoms with van der Waals surface area (Å²) in [5.74, 6) is -4.83. The first-order chi connectivity index (χ1) is 27.7. The molecule has 1 unspecified atom stereocenters. The van der Waals surface area contributed by atoms with Crippen molar-refractivity contribution in [2.24, 2.45) is 29.6 Å². The second kappa shape index (κ2) is 17.7. The molecule has 16 heteroatoms. The Bertz CT molecular complexity index is 1960. The van der Waals surface area contributed by atoms with Gasteiger partial charge in [0.1, 0.15) is 28.5 Å². The molecule has 4 aliphatic rings. The molecule has 4 fully saturated rings. The molecule has 2 bridgehead atoms. The Hall–Kier alpha value is -3.09. The number of aromatic nitrogens is 1. The van der Waals surface area contributed by atoms with Crippen LogP contribution in [-0.2, 0) is 52.8 Å². The lowest BCUT2D eigenvalue weighted by Gasteiger charge is -2.48. The zero-order valence-electron chi connectivity index (χ0n) is 36.0. The Balaban J connectivity index is 1.46. The third kappa shape index (κ3) is 9.11. The average Bonchev–Trinajstić information content (AvgIpc) is 3.52. The van der Waals surface area contributed by atoms with E-state index in [4.69, 9.17) is 28.4 Å². The Labute approximate surface area is 348 Å². The molecule has 4 aliphatic heterocycles. The summed E-state index contributed by atoms with van der Waals surface area (Å²) in [5.41, 5.74) is -2.34.